The number of aliphatic hydroxyl groups is 2. The molecule has 4 heteroatoms. The van der Waals surface area contributed by atoms with E-state index >= 15 is 0 Å². The highest BCUT2D eigenvalue weighted by Crippen LogP contribution is 2.77. The summed E-state index contributed by atoms with van der Waals surface area (Å²) in [4.78, 5) is 12.8. The first kappa shape index (κ1) is 24.8. The molecule has 5 aliphatic carbocycles. The van der Waals surface area contributed by atoms with Gasteiger partial charge in [0.1, 0.15) is 0 Å². The maximum atomic E-state index is 12.8. The zero-order chi connectivity index (χ0) is 24.9. The number of carboxylic acids is 1. The molecule has 0 radical (unpaired) electrons. The molecule has 0 aromatic heterocycles. The van der Waals surface area contributed by atoms with Crippen molar-refractivity contribution in [2.24, 2.45) is 56.7 Å². The van der Waals surface area contributed by atoms with Gasteiger partial charge >= 0.3 is 5.97 Å². The SMILES string of the molecule is C=C(C)[C@H]1CC[C@@]2(C(=O)O)CC[C@@]3(C)[C@@H](CC[C@H]4[C@]5(C)CC[C@@H](O)[C@](C)(CO)[C@H]5CC[C@@]43C)[C@H]12. The number of hydrogen-bond donors (Lipinski definition) is 3. The van der Waals surface area contributed by atoms with E-state index in [9.17, 15) is 20.1 Å². The van der Waals surface area contributed by atoms with Crippen molar-refractivity contribution in [3.05, 3.63) is 12.2 Å². The summed E-state index contributed by atoms with van der Waals surface area (Å²) in [5, 5.41) is 31.8. The van der Waals surface area contributed by atoms with Crippen LogP contribution in [0.1, 0.15) is 98.8 Å². The fourth-order valence-corrected chi connectivity index (χ4v) is 11.5. The molecule has 11 atom stereocenters. The largest absolute Gasteiger partial charge is 0.481 e. The Labute approximate surface area is 206 Å². The summed E-state index contributed by atoms with van der Waals surface area (Å²) in [6.07, 6.45) is 9.43. The average Bonchev–Trinajstić information content (AvgIpc) is 3.18. The van der Waals surface area contributed by atoms with Gasteiger partial charge in [0.05, 0.1) is 18.1 Å². The minimum absolute atomic E-state index is 0.0568. The van der Waals surface area contributed by atoms with Crippen LogP contribution in [0.2, 0.25) is 0 Å². The van der Waals surface area contributed by atoms with Gasteiger partial charge in [-0.15, -0.1) is 0 Å². The Morgan fingerprint density at radius 3 is 2.21 bits per heavy atom. The molecule has 4 nitrogen and oxygen atoms in total. The molecule has 0 unspecified atom stereocenters. The van der Waals surface area contributed by atoms with Crippen molar-refractivity contribution in [2.75, 3.05) is 6.61 Å². The van der Waals surface area contributed by atoms with Crippen molar-refractivity contribution >= 4 is 5.97 Å². The summed E-state index contributed by atoms with van der Waals surface area (Å²) in [6.45, 7) is 16.2. The Hall–Kier alpha value is -0.870. The first-order chi connectivity index (χ1) is 15.8. The molecule has 0 spiro atoms. The highest BCUT2D eigenvalue weighted by atomic mass is 16.4. The van der Waals surface area contributed by atoms with Crippen molar-refractivity contribution in [2.45, 2.75) is 105 Å². The molecular weight excluding hydrogens is 424 g/mol. The second-order valence-corrected chi connectivity index (χ2v) is 14.4. The molecule has 5 fully saturated rings. The Morgan fingerprint density at radius 2 is 1.59 bits per heavy atom. The van der Waals surface area contributed by atoms with E-state index in [1.54, 1.807) is 0 Å². The van der Waals surface area contributed by atoms with Crippen molar-refractivity contribution < 1.29 is 20.1 Å². The van der Waals surface area contributed by atoms with Crippen LogP contribution in [0.25, 0.3) is 0 Å². The van der Waals surface area contributed by atoms with Crippen LogP contribution >= 0.6 is 0 Å². The van der Waals surface area contributed by atoms with Crippen molar-refractivity contribution in [3.63, 3.8) is 0 Å². The van der Waals surface area contributed by atoms with Crippen molar-refractivity contribution in [1.29, 1.82) is 0 Å². The van der Waals surface area contributed by atoms with Gasteiger partial charge in [0.2, 0.25) is 0 Å². The molecule has 0 amide bonds. The maximum Gasteiger partial charge on any atom is 0.309 e. The molecule has 34 heavy (non-hydrogen) atoms. The highest BCUT2D eigenvalue weighted by molar-refractivity contribution is 5.76. The molecule has 192 valence electrons. The normalized spacial score (nSPS) is 56.6. The zero-order valence-electron chi connectivity index (χ0n) is 22.2. The second kappa shape index (κ2) is 7.57. The lowest BCUT2D eigenvalue weighted by atomic mass is 9.32. The second-order valence-electron chi connectivity index (χ2n) is 14.4. The molecule has 3 N–H and O–H groups in total. The molecule has 5 rings (SSSR count). The topological polar surface area (TPSA) is 77.8 Å². The van der Waals surface area contributed by atoms with Crippen LogP contribution < -0.4 is 0 Å². The van der Waals surface area contributed by atoms with Crippen molar-refractivity contribution in [1.82, 2.24) is 0 Å². The number of aliphatic hydroxyl groups excluding tert-OH is 2. The van der Waals surface area contributed by atoms with Gasteiger partial charge in [0.25, 0.3) is 0 Å². The average molecular weight is 473 g/mol. The van der Waals surface area contributed by atoms with Crippen LogP contribution in [0.3, 0.4) is 0 Å². The first-order valence-electron chi connectivity index (χ1n) is 14.0. The fourth-order valence-electron chi connectivity index (χ4n) is 11.5. The van der Waals surface area contributed by atoms with Gasteiger partial charge in [-0.25, -0.2) is 0 Å². The van der Waals surface area contributed by atoms with Gasteiger partial charge < -0.3 is 15.3 Å². The van der Waals surface area contributed by atoms with Gasteiger partial charge in [-0.05, 0) is 117 Å². The van der Waals surface area contributed by atoms with E-state index < -0.39 is 22.9 Å². The predicted molar refractivity (Wildman–Crippen MR) is 134 cm³/mol. The Morgan fingerprint density at radius 1 is 0.882 bits per heavy atom. The molecule has 0 aliphatic heterocycles. The minimum Gasteiger partial charge on any atom is -0.481 e. The summed E-state index contributed by atoms with van der Waals surface area (Å²) < 4.78 is 0. The maximum absolute atomic E-state index is 12.8. The number of carbonyl (C=O) groups is 1. The number of aliphatic carboxylic acids is 1. The third kappa shape index (κ3) is 2.76. The summed E-state index contributed by atoms with van der Waals surface area (Å²) in [6, 6.07) is 0. The number of fused-ring (bicyclic) bond motifs is 7. The van der Waals surface area contributed by atoms with E-state index in [-0.39, 0.29) is 28.8 Å². The first-order valence-corrected chi connectivity index (χ1v) is 14.0. The quantitative estimate of drug-likeness (QED) is 0.436. The van der Waals surface area contributed by atoms with Crippen LogP contribution in [0.15, 0.2) is 12.2 Å². The minimum atomic E-state index is -0.567. The van der Waals surface area contributed by atoms with Gasteiger partial charge in [-0.3, -0.25) is 4.79 Å². The van der Waals surface area contributed by atoms with E-state index in [0.29, 0.717) is 23.7 Å². The summed E-state index contributed by atoms with van der Waals surface area (Å²) >= 11 is 0. The molecule has 5 saturated carbocycles. The molecule has 0 aromatic carbocycles. The van der Waals surface area contributed by atoms with Crippen LogP contribution in [-0.4, -0.2) is 34.0 Å². The fraction of sp³-hybridized carbons (Fsp3) is 0.900. The zero-order valence-corrected chi connectivity index (χ0v) is 22.2. The summed E-state index contributed by atoms with van der Waals surface area (Å²) in [5.41, 5.74) is 0.586. The Balaban J connectivity index is 1.56. The standard InChI is InChI=1S/C30H48O4/c1-18(2)19-9-14-30(25(33)34)16-15-28(5)20(24(19)30)7-8-22-26(3)12-11-23(32)27(4,17-31)21(26)10-13-29(22,28)6/h19-24,31-32H,1,7-17H2,2-6H3,(H,33,34)/t19-,20+,21+,22+,23-,24+,26-,27-,28+,29+,30-/m1/s1. The van der Waals surface area contributed by atoms with Crippen LogP contribution in [0.4, 0.5) is 0 Å². The lowest BCUT2D eigenvalue weighted by Crippen LogP contribution is -2.67. The lowest BCUT2D eigenvalue weighted by molar-refractivity contribution is -0.254. The van der Waals surface area contributed by atoms with E-state index in [4.69, 9.17) is 0 Å². The molecule has 0 aromatic rings. The number of rotatable bonds is 3. The Bertz CT molecular complexity index is 883. The highest BCUT2D eigenvalue weighted by Gasteiger charge is 2.72. The van der Waals surface area contributed by atoms with Gasteiger partial charge in [0, 0.05) is 5.41 Å². The number of carboxylic acid groups (broad SMARTS) is 1. The van der Waals surface area contributed by atoms with Crippen LogP contribution in [0, 0.1) is 56.7 Å². The van der Waals surface area contributed by atoms with Gasteiger partial charge in [-0.2, -0.15) is 0 Å². The van der Waals surface area contributed by atoms with E-state index in [0.717, 1.165) is 64.2 Å². The Kier molecular flexibility index (Phi) is 5.52. The molecule has 0 saturated heterocycles. The van der Waals surface area contributed by atoms with E-state index in [2.05, 4.69) is 41.2 Å². The lowest BCUT2D eigenvalue weighted by Gasteiger charge is -2.72. The third-order valence-electron chi connectivity index (χ3n) is 13.6. The molecule has 5 aliphatic rings. The predicted octanol–water partition coefficient (Wildman–Crippen LogP) is 6.06. The van der Waals surface area contributed by atoms with E-state index in [1.165, 1.54) is 5.57 Å². The van der Waals surface area contributed by atoms with Crippen LogP contribution in [0.5, 0.6) is 0 Å². The summed E-state index contributed by atoms with van der Waals surface area (Å²) in [5.74, 6) is 1.30. The molecule has 0 heterocycles. The monoisotopic (exact) mass is 472 g/mol. The van der Waals surface area contributed by atoms with Gasteiger partial charge in [0.15, 0.2) is 0 Å². The van der Waals surface area contributed by atoms with Gasteiger partial charge in [-0.1, -0.05) is 39.8 Å². The molecular formula is C30H48O4. The van der Waals surface area contributed by atoms with Crippen LogP contribution in [-0.2, 0) is 4.79 Å². The smallest absolute Gasteiger partial charge is 0.309 e. The van der Waals surface area contributed by atoms with E-state index in [1.807, 2.05) is 0 Å². The third-order valence-corrected chi connectivity index (χ3v) is 13.6. The summed E-state index contributed by atoms with van der Waals surface area (Å²) in [7, 11) is 0. The van der Waals surface area contributed by atoms with Crippen molar-refractivity contribution in [3.8, 4) is 0 Å². The molecule has 0 bridgehead atoms. The number of hydrogen-bond acceptors (Lipinski definition) is 3. The number of allylic oxidation sites excluding steroid dienone is 1.